The van der Waals surface area contributed by atoms with Gasteiger partial charge in [-0.15, -0.1) is 0 Å². The number of para-hydroxylation sites is 1. The summed E-state index contributed by atoms with van der Waals surface area (Å²) in [6.45, 7) is 6.22. The van der Waals surface area contributed by atoms with Crippen LogP contribution in [0.15, 0.2) is 34.7 Å². The summed E-state index contributed by atoms with van der Waals surface area (Å²) in [5.74, 6) is 0.878. The summed E-state index contributed by atoms with van der Waals surface area (Å²) in [5.41, 5.74) is 2.72. The van der Waals surface area contributed by atoms with Gasteiger partial charge in [-0.25, -0.2) is 0 Å². The molecule has 1 aromatic heterocycles. The van der Waals surface area contributed by atoms with E-state index >= 15 is 0 Å². The summed E-state index contributed by atoms with van der Waals surface area (Å²) in [6.07, 6.45) is 1.43. The molecule has 3 rings (SSSR count). The maximum Gasteiger partial charge on any atom is 0.291 e. The van der Waals surface area contributed by atoms with Gasteiger partial charge in [-0.2, -0.15) is 0 Å². The molecule has 2 heterocycles. The number of carbonyl (C=O) groups is 1. The molecule has 0 aliphatic carbocycles. The topological polar surface area (TPSA) is 65.7 Å². The molecule has 5 heteroatoms. The predicted molar refractivity (Wildman–Crippen MR) is 93.1 cm³/mol. The van der Waals surface area contributed by atoms with Gasteiger partial charge in [-0.1, -0.05) is 18.2 Å². The summed E-state index contributed by atoms with van der Waals surface area (Å²) >= 11 is 0. The molecule has 1 amide bonds. The van der Waals surface area contributed by atoms with Crippen molar-refractivity contribution in [3.8, 4) is 0 Å². The van der Waals surface area contributed by atoms with Crippen LogP contribution in [0, 0.1) is 13.8 Å². The van der Waals surface area contributed by atoms with Crippen LogP contribution in [0.3, 0.4) is 0 Å². The first-order chi connectivity index (χ1) is 11.5. The van der Waals surface area contributed by atoms with Gasteiger partial charge in [0.15, 0.2) is 5.76 Å². The van der Waals surface area contributed by atoms with E-state index in [1.165, 1.54) is 0 Å². The maximum atomic E-state index is 12.5. The van der Waals surface area contributed by atoms with Crippen molar-refractivity contribution in [2.45, 2.75) is 39.3 Å². The molecule has 2 aromatic rings. The van der Waals surface area contributed by atoms with Crippen molar-refractivity contribution in [2.24, 2.45) is 0 Å². The molecular weight excluding hydrogens is 304 g/mol. The summed E-state index contributed by atoms with van der Waals surface area (Å²) in [6, 6.07) is 9.70. The fourth-order valence-electron chi connectivity index (χ4n) is 3.14. The first kappa shape index (κ1) is 16.7. The number of benzene rings is 1. The van der Waals surface area contributed by atoms with Gasteiger partial charge in [0.25, 0.3) is 5.91 Å². The first-order valence-corrected chi connectivity index (χ1v) is 8.39. The summed E-state index contributed by atoms with van der Waals surface area (Å²) < 4.78 is 5.50. The molecule has 5 nitrogen and oxygen atoms in total. The number of aryl methyl sites for hydroxylation is 2. The zero-order chi connectivity index (χ0) is 17.1. The van der Waals surface area contributed by atoms with Crippen LogP contribution in [-0.2, 0) is 6.54 Å². The number of aliphatic hydroxyl groups is 1. The Morgan fingerprint density at radius 3 is 2.67 bits per heavy atom. The van der Waals surface area contributed by atoms with Crippen molar-refractivity contribution in [3.05, 3.63) is 53.0 Å². The molecule has 1 aliphatic heterocycles. The zero-order valence-electron chi connectivity index (χ0n) is 14.2. The van der Waals surface area contributed by atoms with Crippen LogP contribution in [-0.4, -0.2) is 35.1 Å². The lowest BCUT2D eigenvalue weighted by Crippen LogP contribution is -2.35. The lowest BCUT2D eigenvalue weighted by molar-refractivity contribution is 0.0793. The van der Waals surface area contributed by atoms with Crippen LogP contribution < -0.4 is 5.32 Å². The van der Waals surface area contributed by atoms with Crippen molar-refractivity contribution < 1.29 is 14.3 Å². The number of likely N-dealkylation sites (tertiary alicyclic amines) is 1. The molecule has 1 aromatic carbocycles. The van der Waals surface area contributed by atoms with Crippen LogP contribution in [0.1, 0.15) is 40.3 Å². The van der Waals surface area contributed by atoms with E-state index in [0.717, 1.165) is 55.1 Å². The van der Waals surface area contributed by atoms with Crippen LogP contribution in [0.4, 0.5) is 5.69 Å². The summed E-state index contributed by atoms with van der Waals surface area (Å²) in [5, 5.41) is 12.6. The fourth-order valence-corrected chi connectivity index (χ4v) is 3.14. The molecule has 0 unspecified atom stereocenters. The lowest BCUT2D eigenvalue weighted by atomic mass is 10.1. The molecular formula is C19H24N2O3. The Balaban J connectivity index is 1.72. The van der Waals surface area contributed by atoms with Gasteiger partial charge >= 0.3 is 0 Å². The molecule has 0 atom stereocenters. The SMILES string of the molecule is Cc1cc(C)c(C(=O)Nc2ccccc2CN2CCC(O)CC2)o1. The Bertz CT molecular complexity index is 715. The van der Waals surface area contributed by atoms with E-state index in [1.54, 1.807) is 0 Å². The van der Waals surface area contributed by atoms with Crippen LogP contribution in [0.5, 0.6) is 0 Å². The Morgan fingerprint density at radius 2 is 2.00 bits per heavy atom. The van der Waals surface area contributed by atoms with Gasteiger partial charge in [0.1, 0.15) is 5.76 Å². The average Bonchev–Trinajstić information content (AvgIpc) is 2.90. The normalized spacial score (nSPS) is 16.3. The van der Waals surface area contributed by atoms with Crippen molar-refractivity contribution in [1.29, 1.82) is 0 Å². The van der Waals surface area contributed by atoms with Crippen LogP contribution in [0.2, 0.25) is 0 Å². The number of anilines is 1. The highest BCUT2D eigenvalue weighted by Gasteiger charge is 2.19. The molecule has 0 radical (unpaired) electrons. The molecule has 0 saturated carbocycles. The van der Waals surface area contributed by atoms with E-state index in [2.05, 4.69) is 10.2 Å². The number of furan rings is 1. The maximum absolute atomic E-state index is 12.5. The molecule has 1 fully saturated rings. The van der Waals surface area contributed by atoms with E-state index in [9.17, 15) is 9.90 Å². The van der Waals surface area contributed by atoms with Crippen molar-refractivity contribution in [2.75, 3.05) is 18.4 Å². The number of amides is 1. The standard InChI is InChI=1S/C19H24N2O3/c1-13-11-14(2)24-18(13)19(23)20-17-6-4-3-5-15(17)12-21-9-7-16(22)8-10-21/h3-6,11,16,22H,7-10,12H2,1-2H3,(H,20,23). The highest BCUT2D eigenvalue weighted by molar-refractivity contribution is 6.03. The third kappa shape index (κ3) is 3.86. The average molecular weight is 328 g/mol. The monoisotopic (exact) mass is 328 g/mol. The van der Waals surface area contributed by atoms with Crippen molar-refractivity contribution in [3.63, 3.8) is 0 Å². The zero-order valence-corrected chi connectivity index (χ0v) is 14.2. The van der Waals surface area contributed by atoms with E-state index < -0.39 is 0 Å². The Morgan fingerprint density at radius 1 is 1.29 bits per heavy atom. The van der Waals surface area contributed by atoms with E-state index in [-0.39, 0.29) is 12.0 Å². The minimum absolute atomic E-state index is 0.179. The van der Waals surface area contributed by atoms with E-state index in [0.29, 0.717) is 5.76 Å². The molecule has 0 bridgehead atoms. The van der Waals surface area contributed by atoms with Crippen LogP contribution in [0.25, 0.3) is 0 Å². The highest BCUT2D eigenvalue weighted by atomic mass is 16.3. The number of nitrogens with one attached hydrogen (secondary N) is 1. The van der Waals surface area contributed by atoms with Gasteiger partial charge in [0.2, 0.25) is 0 Å². The Hall–Kier alpha value is -2.11. The number of piperidine rings is 1. The molecule has 1 saturated heterocycles. The Kier molecular flexibility index (Phi) is 5.02. The van der Waals surface area contributed by atoms with Crippen molar-refractivity contribution >= 4 is 11.6 Å². The van der Waals surface area contributed by atoms with E-state index in [4.69, 9.17) is 4.42 Å². The molecule has 2 N–H and O–H groups in total. The first-order valence-electron chi connectivity index (χ1n) is 8.39. The predicted octanol–water partition coefficient (Wildman–Crippen LogP) is 3.11. The molecule has 1 aliphatic rings. The molecule has 0 spiro atoms. The Labute approximate surface area is 142 Å². The lowest BCUT2D eigenvalue weighted by Gasteiger charge is -2.30. The van der Waals surface area contributed by atoms with Gasteiger partial charge < -0.3 is 14.8 Å². The van der Waals surface area contributed by atoms with Crippen LogP contribution >= 0.6 is 0 Å². The number of rotatable bonds is 4. The van der Waals surface area contributed by atoms with Gasteiger partial charge in [-0.05, 0) is 44.4 Å². The second kappa shape index (κ2) is 7.20. The quantitative estimate of drug-likeness (QED) is 0.905. The minimum Gasteiger partial charge on any atom is -0.456 e. The van der Waals surface area contributed by atoms with E-state index in [1.807, 2.05) is 44.2 Å². The number of hydrogen-bond donors (Lipinski definition) is 2. The number of carbonyl (C=O) groups excluding carboxylic acids is 1. The second-order valence-corrected chi connectivity index (χ2v) is 6.49. The third-order valence-corrected chi connectivity index (χ3v) is 4.46. The molecule has 24 heavy (non-hydrogen) atoms. The smallest absolute Gasteiger partial charge is 0.291 e. The largest absolute Gasteiger partial charge is 0.456 e. The summed E-state index contributed by atoms with van der Waals surface area (Å²) in [7, 11) is 0. The van der Waals surface area contributed by atoms with Gasteiger partial charge in [0, 0.05) is 30.9 Å². The second-order valence-electron chi connectivity index (χ2n) is 6.49. The number of aliphatic hydroxyl groups excluding tert-OH is 1. The molecule has 128 valence electrons. The van der Waals surface area contributed by atoms with Gasteiger partial charge in [-0.3, -0.25) is 9.69 Å². The minimum atomic E-state index is -0.220. The number of hydrogen-bond acceptors (Lipinski definition) is 4. The third-order valence-electron chi connectivity index (χ3n) is 4.46. The van der Waals surface area contributed by atoms with Crippen molar-refractivity contribution in [1.82, 2.24) is 4.90 Å². The fraction of sp³-hybridized carbons (Fsp3) is 0.421. The number of nitrogens with zero attached hydrogens (tertiary/aromatic N) is 1. The van der Waals surface area contributed by atoms with Gasteiger partial charge in [0.05, 0.1) is 6.10 Å². The summed E-state index contributed by atoms with van der Waals surface area (Å²) in [4.78, 5) is 14.8. The highest BCUT2D eigenvalue weighted by Crippen LogP contribution is 2.22.